The van der Waals surface area contributed by atoms with E-state index in [4.69, 9.17) is 0 Å². The fraction of sp³-hybridized carbons (Fsp3) is 0.600. The highest BCUT2D eigenvalue weighted by Gasteiger charge is 2.03. The predicted octanol–water partition coefficient (Wildman–Crippen LogP) is 1.19. The molecule has 0 saturated carbocycles. The van der Waals surface area contributed by atoms with Gasteiger partial charge in [-0.15, -0.1) is 0 Å². The van der Waals surface area contributed by atoms with Gasteiger partial charge in [-0.3, -0.25) is 9.36 Å². The minimum absolute atomic E-state index is 0.0535. The van der Waals surface area contributed by atoms with E-state index < -0.39 is 0 Å². The zero-order valence-electron chi connectivity index (χ0n) is 9.11. The lowest BCUT2D eigenvalue weighted by Gasteiger charge is -2.18. The standard InChI is InChI=1S/C10H16IN3O/c1-3-13(4-2)5-6-14-8-12-7-9(11)10(14)15/h7-8H,3-6H2,1-2H3. The number of hydrogen-bond donors (Lipinski definition) is 0. The third-order valence-electron chi connectivity index (χ3n) is 2.41. The molecule has 0 saturated heterocycles. The molecule has 15 heavy (non-hydrogen) atoms. The molecule has 0 atom stereocenters. The first-order valence-corrected chi connectivity index (χ1v) is 6.19. The van der Waals surface area contributed by atoms with Gasteiger partial charge in [0.2, 0.25) is 0 Å². The van der Waals surface area contributed by atoms with Crippen LogP contribution in [0.4, 0.5) is 0 Å². The largest absolute Gasteiger partial charge is 0.302 e. The van der Waals surface area contributed by atoms with Gasteiger partial charge in [0.25, 0.3) is 5.56 Å². The van der Waals surface area contributed by atoms with Crippen molar-refractivity contribution in [2.75, 3.05) is 19.6 Å². The Morgan fingerprint density at radius 2 is 2.13 bits per heavy atom. The number of rotatable bonds is 5. The second-order valence-electron chi connectivity index (χ2n) is 3.27. The monoisotopic (exact) mass is 321 g/mol. The summed E-state index contributed by atoms with van der Waals surface area (Å²) in [6, 6.07) is 0. The van der Waals surface area contributed by atoms with Crippen molar-refractivity contribution in [3.05, 3.63) is 26.4 Å². The minimum Gasteiger partial charge on any atom is -0.302 e. The van der Waals surface area contributed by atoms with Crippen LogP contribution >= 0.6 is 22.6 Å². The van der Waals surface area contributed by atoms with Gasteiger partial charge in [0.05, 0.1) is 9.90 Å². The van der Waals surface area contributed by atoms with E-state index in [1.807, 2.05) is 22.6 Å². The van der Waals surface area contributed by atoms with Crippen molar-refractivity contribution in [3.63, 3.8) is 0 Å². The van der Waals surface area contributed by atoms with E-state index in [-0.39, 0.29) is 5.56 Å². The van der Waals surface area contributed by atoms with E-state index in [9.17, 15) is 4.79 Å². The van der Waals surface area contributed by atoms with Crippen molar-refractivity contribution in [3.8, 4) is 0 Å². The van der Waals surface area contributed by atoms with Crippen molar-refractivity contribution in [2.45, 2.75) is 20.4 Å². The van der Waals surface area contributed by atoms with Gasteiger partial charge in [0.15, 0.2) is 0 Å². The predicted molar refractivity (Wildman–Crippen MR) is 69.0 cm³/mol. The summed E-state index contributed by atoms with van der Waals surface area (Å²) in [6.45, 7) is 7.89. The van der Waals surface area contributed by atoms with Gasteiger partial charge >= 0.3 is 0 Å². The van der Waals surface area contributed by atoms with Crippen LogP contribution in [-0.2, 0) is 6.54 Å². The molecular formula is C10H16IN3O. The highest BCUT2D eigenvalue weighted by Crippen LogP contribution is 1.94. The van der Waals surface area contributed by atoms with Gasteiger partial charge in [0.1, 0.15) is 0 Å². The fourth-order valence-corrected chi connectivity index (χ4v) is 1.84. The molecule has 0 fully saturated rings. The van der Waals surface area contributed by atoms with Crippen LogP contribution in [0.25, 0.3) is 0 Å². The zero-order chi connectivity index (χ0) is 11.3. The summed E-state index contributed by atoms with van der Waals surface area (Å²) in [5, 5.41) is 0. The van der Waals surface area contributed by atoms with E-state index in [1.54, 1.807) is 17.1 Å². The topological polar surface area (TPSA) is 38.1 Å². The maximum absolute atomic E-state index is 11.7. The summed E-state index contributed by atoms with van der Waals surface area (Å²) in [7, 11) is 0. The molecule has 0 unspecified atom stereocenters. The molecule has 0 radical (unpaired) electrons. The lowest BCUT2D eigenvalue weighted by Crippen LogP contribution is -2.31. The molecule has 1 rings (SSSR count). The SMILES string of the molecule is CCN(CC)CCn1cncc(I)c1=O. The number of hydrogen-bond acceptors (Lipinski definition) is 3. The fourth-order valence-electron chi connectivity index (χ4n) is 1.37. The average Bonchev–Trinajstić information content (AvgIpc) is 2.25. The summed E-state index contributed by atoms with van der Waals surface area (Å²) in [4.78, 5) is 18.0. The minimum atomic E-state index is 0.0535. The van der Waals surface area contributed by atoms with Gasteiger partial charge in [-0.2, -0.15) is 0 Å². The van der Waals surface area contributed by atoms with Crippen molar-refractivity contribution in [1.29, 1.82) is 0 Å². The third-order valence-corrected chi connectivity index (χ3v) is 3.15. The van der Waals surface area contributed by atoms with Crippen LogP contribution in [0.1, 0.15) is 13.8 Å². The van der Waals surface area contributed by atoms with Crippen molar-refractivity contribution in [1.82, 2.24) is 14.5 Å². The number of likely N-dealkylation sites (N-methyl/N-ethyl adjacent to an activating group) is 1. The lowest BCUT2D eigenvalue weighted by molar-refractivity contribution is 0.288. The van der Waals surface area contributed by atoms with E-state index in [0.29, 0.717) is 10.1 Å². The normalized spacial score (nSPS) is 10.9. The maximum atomic E-state index is 11.7. The Bertz CT molecular complexity index is 360. The Balaban J connectivity index is 2.65. The highest BCUT2D eigenvalue weighted by molar-refractivity contribution is 14.1. The van der Waals surface area contributed by atoms with Crippen LogP contribution in [0.2, 0.25) is 0 Å². The van der Waals surface area contributed by atoms with E-state index in [1.165, 1.54) is 0 Å². The summed E-state index contributed by atoms with van der Waals surface area (Å²) in [5.41, 5.74) is 0.0535. The van der Waals surface area contributed by atoms with E-state index >= 15 is 0 Å². The van der Waals surface area contributed by atoms with Gasteiger partial charge in [0, 0.05) is 19.3 Å². The van der Waals surface area contributed by atoms with Crippen molar-refractivity contribution < 1.29 is 0 Å². The second-order valence-corrected chi connectivity index (χ2v) is 4.43. The Morgan fingerprint density at radius 1 is 1.47 bits per heavy atom. The molecule has 1 heterocycles. The smallest absolute Gasteiger partial charge is 0.266 e. The first-order chi connectivity index (χ1) is 7.19. The third kappa shape index (κ3) is 3.57. The van der Waals surface area contributed by atoms with Crippen molar-refractivity contribution in [2.24, 2.45) is 0 Å². The van der Waals surface area contributed by atoms with Gasteiger partial charge in [-0.1, -0.05) is 13.8 Å². The molecule has 1 aromatic rings. The molecule has 0 aromatic carbocycles. The highest BCUT2D eigenvalue weighted by atomic mass is 127. The molecule has 0 amide bonds. The maximum Gasteiger partial charge on any atom is 0.266 e. The van der Waals surface area contributed by atoms with Gasteiger partial charge in [-0.25, -0.2) is 4.98 Å². The molecule has 84 valence electrons. The number of aromatic nitrogens is 2. The molecule has 5 heteroatoms. The molecule has 0 aliphatic heterocycles. The summed E-state index contributed by atoms with van der Waals surface area (Å²) < 4.78 is 2.34. The summed E-state index contributed by atoms with van der Waals surface area (Å²) in [6.07, 6.45) is 3.20. The van der Waals surface area contributed by atoms with E-state index in [2.05, 4.69) is 23.7 Å². The first kappa shape index (κ1) is 12.6. The van der Waals surface area contributed by atoms with Crippen LogP contribution in [0, 0.1) is 3.57 Å². The molecule has 0 bridgehead atoms. The van der Waals surface area contributed by atoms with Gasteiger partial charge in [-0.05, 0) is 35.7 Å². The molecule has 4 nitrogen and oxygen atoms in total. The second kappa shape index (κ2) is 6.22. The molecule has 0 aliphatic rings. The molecule has 0 N–H and O–H groups in total. The lowest BCUT2D eigenvalue weighted by atomic mass is 10.4. The van der Waals surface area contributed by atoms with E-state index in [0.717, 1.165) is 19.6 Å². The van der Waals surface area contributed by atoms with Gasteiger partial charge < -0.3 is 4.90 Å². The first-order valence-electron chi connectivity index (χ1n) is 5.11. The zero-order valence-corrected chi connectivity index (χ0v) is 11.3. The number of halogens is 1. The van der Waals surface area contributed by atoms with Crippen LogP contribution in [-0.4, -0.2) is 34.1 Å². The summed E-state index contributed by atoms with van der Waals surface area (Å²) >= 11 is 2.02. The van der Waals surface area contributed by atoms with Crippen LogP contribution in [0.15, 0.2) is 17.3 Å². The van der Waals surface area contributed by atoms with Crippen molar-refractivity contribution >= 4 is 22.6 Å². The molecule has 0 aliphatic carbocycles. The van der Waals surface area contributed by atoms with Crippen LogP contribution in [0.3, 0.4) is 0 Å². The van der Waals surface area contributed by atoms with Crippen LogP contribution in [0.5, 0.6) is 0 Å². The Kier molecular flexibility index (Phi) is 5.24. The average molecular weight is 321 g/mol. The summed E-state index contributed by atoms with van der Waals surface area (Å²) in [5.74, 6) is 0. The molecule has 0 spiro atoms. The Labute approximate surface area is 103 Å². The molecular weight excluding hydrogens is 305 g/mol. The number of nitrogens with zero attached hydrogens (tertiary/aromatic N) is 3. The molecule has 1 aromatic heterocycles. The Hall–Kier alpha value is -0.430. The van der Waals surface area contributed by atoms with Crippen LogP contribution < -0.4 is 5.56 Å². The Morgan fingerprint density at radius 3 is 2.73 bits per heavy atom. The quantitative estimate of drug-likeness (QED) is 0.765.